The fraction of sp³-hybridized carbons (Fsp3) is 0.414. The Balaban J connectivity index is 1.73. The second-order valence-corrected chi connectivity index (χ2v) is 11.7. The molecule has 37 heavy (non-hydrogen) atoms. The van der Waals surface area contributed by atoms with Crippen LogP contribution in [0.15, 0.2) is 30.3 Å². The van der Waals surface area contributed by atoms with E-state index >= 15 is 0 Å². The van der Waals surface area contributed by atoms with E-state index in [1.807, 2.05) is 26.0 Å². The van der Waals surface area contributed by atoms with E-state index in [1.54, 1.807) is 26.0 Å². The normalized spacial score (nSPS) is 14.4. The fourth-order valence-electron chi connectivity index (χ4n) is 4.40. The number of rotatable bonds is 10. The molecule has 2 aromatic carbocycles. The number of halogens is 2. The molecule has 0 unspecified atom stereocenters. The molecule has 4 rings (SSSR count). The maximum absolute atomic E-state index is 14.7. The van der Waals surface area contributed by atoms with Crippen molar-refractivity contribution in [2.24, 2.45) is 5.92 Å². The molecule has 1 saturated carbocycles. The maximum atomic E-state index is 14.7. The quantitative estimate of drug-likeness (QED) is 0.218. The Kier molecular flexibility index (Phi) is 8.15. The summed E-state index contributed by atoms with van der Waals surface area (Å²) in [5, 5.41) is 20.7. The lowest BCUT2D eigenvalue weighted by atomic mass is 9.98. The van der Waals surface area contributed by atoms with Crippen molar-refractivity contribution in [3.63, 3.8) is 0 Å². The van der Waals surface area contributed by atoms with E-state index in [-0.39, 0.29) is 18.2 Å². The number of nitrogens with zero attached hydrogens (tertiary/aromatic N) is 2. The van der Waals surface area contributed by atoms with Gasteiger partial charge in [0.2, 0.25) is 5.79 Å². The van der Waals surface area contributed by atoms with Gasteiger partial charge < -0.3 is 19.8 Å². The number of aromatic nitrogens is 1. The zero-order chi connectivity index (χ0) is 26.9. The lowest BCUT2D eigenvalue weighted by Gasteiger charge is -2.31. The number of aliphatic hydroxyl groups excluding tert-OH is 1. The lowest BCUT2D eigenvalue weighted by molar-refractivity contribution is -0.105. The summed E-state index contributed by atoms with van der Waals surface area (Å²) in [5.41, 5.74) is 3.42. The molecule has 0 amide bonds. The summed E-state index contributed by atoms with van der Waals surface area (Å²) in [6.45, 7) is 6.98. The topological polar surface area (TPSA) is 65.8 Å². The van der Waals surface area contributed by atoms with Gasteiger partial charge in [0, 0.05) is 29.9 Å². The molecule has 2 N–H and O–H groups in total. The average molecular weight is 543 g/mol. The van der Waals surface area contributed by atoms with Crippen LogP contribution < -0.4 is 9.64 Å². The summed E-state index contributed by atoms with van der Waals surface area (Å²) in [6, 6.07) is 8.47. The summed E-state index contributed by atoms with van der Waals surface area (Å²) in [4.78, 5) is 8.02. The first kappa shape index (κ1) is 27.4. The number of thiazole rings is 1. The van der Waals surface area contributed by atoms with Gasteiger partial charge in [-0.3, -0.25) is 0 Å². The van der Waals surface area contributed by atoms with Gasteiger partial charge in [0.15, 0.2) is 5.13 Å². The van der Waals surface area contributed by atoms with E-state index in [0.717, 1.165) is 51.7 Å². The molecule has 1 aliphatic rings. The predicted octanol–water partition coefficient (Wildman–Crippen LogP) is 6.80. The van der Waals surface area contributed by atoms with Gasteiger partial charge in [0.25, 0.3) is 0 Å². The van der Waals surface area contributed by atoms with Gasteiger partial charge in [0.05, 0.1) is 29.9 Å². The number of aryl methyl sites for hydroxylation is 2. The van der Waals surface area contributed by atoms with Crippen LogP contribution in [-0.2, 0) is 6.61 Å². The largest absolute Gasteiger partial charge is 0.463 e. The van der Waals surface area contributed by atoms with Crippen molar-refractivity contribution in [2.75, 3.05) is 11.4 Å². The van der Waals surface area contributed by atoms with Gasteiger partial charge in [-0.1, -0.05) is 42.5 Å². The molecule has 1 aliphatic carbocycles. The second kappa shape index (κ2) is 11.0. The molecule has 196 valence electrons. The second-order valence-electron chi connectivity index (χ2n) is 10.1. The first-order valence-corrected chi connectivity index (χ1v) is 13.5. The minimum absolute atomic E-state index is 0.149. The minimum Gasteiger partial charge on any atom is -0.463 e. The van der Waals surface area contributed by atoms with Crippen LogP contribution in [0.1, 0.15) is 60.7 Å². The maximum Gasteiger partial charge on any atom is 0.202 e. The van der Waals surface area contributed by atoms with Crippen molar-refractivity contribution in [2.45, 2.75) is 65.4 Å². The number of terminal acetylenes is 1. The molecule has 1 aromatic heterocycles. The van der Waals surface area contributed by atoms with E-state index in [2.05, 4.69) is 10.8 Å². The molecule has 0 spiro atoms. The Morgan fingerprint density at radius 2 is 2.03 bits per heavy atom. The molecule has 1 heterocycles. The van der Waals surface area contributed by atoms with Crippen LogP contribution in [0.5, 0.6) is 5.75 Å². The van der Waals surface area contributed by atoms with Crippen LogP contribution in [0.2, 0.25) is 5.02 Å². The zero-order valence-electron chi connectivity index (χ0n) is 21.5. The molecule has 8 heteroatoms. The standard InChI is InChI=1S/C29H32ClFN2O3S/c1-6-11-33(25(13-19-7-8-19)20-9-10-21(16-34)24(31)14-20)28-32-27(18(3)37-28)22-12-17(2)26(15-23(22)30)36-29(4,5)35/h1,9-10,12,14-15,19,25,34-35H,7-8,11,13,16H2,2-5H3/t25-/m0/s1. The lowest BCUT2D eigenvalue weighted by Crippen LogP contribution is -2.29. The van der Waals surface area contributed by atoms with Crippen molar-refractivity contribution >= 4 is 28.1 Å². The molecule has 0 radical (unpaired) electrons. The number of hydrogen-bond donors (Lipinski definition) is 2. The van der Waals surface area contributed by atoms with Crippen LogP contribution in [0.3, 0.4) is 0 Å². The summed E-state index contributed by atoms with van der Waals surface area (Å²) in [5.74, 6) is 2.07. The number of aliphatic hydroxyl groups is 2. The third-order valence-electron chi connectivity index (χ3n) is 6.43. The molecule has 1 atom stereocenters. The highest BCUT2D eigenvalue weighted by molar-refractivity contribution is 7.16. The fourth-order valence-corrected chi connectivity index (χ4v) is 5.62. The monoisotopic (exact) mass is 542 g/mol. The van der Waals surface area contributed by atoms with Crippen molar-refractivity contribution < 1.29 is 19.3 Å². The van der Waals surface area contributed by atoms with E-state index in [0.29, 0.717) is 23.2 Å². The molecule has 5 nitrogen and oxygen atoms in total. The third-order valence-corrected chi connectivity index (χ3v) is 7.75. The summed E-state index contributed by atoms with van der Waals surface area (Å²) < 4.78 is 20.3. The minimum atomic E-state index is -1.33. The Morgan fingerprint density at radius 1 is 1.30 bits per heavy atom. The van der Waals surface area contributed by atoms with E-state index in [9.17, 15) is 14.6 Å². The average Bonchev–Trinajstić information content (AvgIpc) is 3.57. The van der Waals surface area contributed by atoms with Crippen LogP contribution in [0, 0.1) is 37.9 Å². The Bertz CT molecular complexity index is 1320. The summed E-state index contributed by atoms with van der Waals surface area (Å²) in [7, 11) is 0. The van der Waals surface area contributed by atoms with Crippen LogP contribution in [-0.4, -0.2) is 27.5 Å². The van der Waals surface area contributed by atoms with Crippen molar-refractivity contribution in [3.05, 3.63) is 62.7 Å². The molecule has 3 aromatic rings. The van der Waals surface area contributed by atoms with Gasteiger partial charge in [-0.25, -0.2) is 9.37 Å². The van der Waals surface area contributed by atoms with E-state index in [1.165, 1.54) is 17.4 Å². The van der Waals surface area contributed by atoms with Crippen molar-refractivity contribution in [1.29, 1.82) is 0 Å². The van der Waals surface area contributed by atoms with Crippen molar-refractivity contribution in [1.82, 2.24) is 4.98 Å². The SMILES string of the molecule is C#CCN(c1nc(-c2cc(C)c(OC(C)(C)O)cc2Cl)c(C)s1)[C@@H](CC1CC1)c1ccc(CO)c(F)c1. The van der Waals surface area contributed by atoms with E-state index < -0.39 is 11.6 Å². The highest BCUT2D eigenvalue weighted by Gasteiger charge is 2.32. The van der Waals surface area contributed by atoms with Gasteiger partial charge in [-0.05, 0) is 55.5 Å². The number of benzene rings is 2. The molecule has 0 saturated heterocycles. The Hall–Kier alpha value is -2.63. The smallest absolute Gasteiger partial charge is 0.202 e. The van der Waals surface area contributed by atoms with Gasteiger partial charge in [-0.15, -0.1) is 17.8 Å². The van der Waals surface area contributed by atoms with Gasteiger partial charge in [-0.2, -0.15) is 0 Å². The van der Waals surface area contributed by atoms with Crippen LogP contribution in [0.25, 0.3) is 11.3 Å². The summed E-state index contributed by atoms with van der Waals surface area (Å²) in [6.07, 6.45) is 8.93. The number of anilines is 1. The Morgan fingerprint density at radius 3 is 2.62 bits per heavy atom. The van der Waals surface area contributed by atoms with E-state index in [4.69, 9.17) is 27.7 Å². The first-order valence-electron chi connectivity index (χ1n) is 12.3. The molecular weight excluding hydrogens is 511 g/mol. The van der Waals surface area contributed by atoms with Gasteiger partial charge in [0.1, 0.15) is 11.6 Å². The molecular formula is C29H32ClFN2O3S. The zero-order valence-corrected chi connectivity index (χ0v) is 23.1. The first-order chi connectivity index (χ1) is 17.5. The van der Waals surface area contributed by atoms with Crippen LogP contribution in [0.4, 0.5) is 9.52 Å². The highest BCUT2D eigenvalue weighted by Crippen LogP contribution is 2.45. The Labute approximate surface area is 226 Å². The van der Waals surface area contributed by atoms with Gasteiger partial charge >= 0.3 is 0 Å². The summed E-state index contributed by atoms with van der Waals surface area (Å²) >= 11 is 8.19. The van der Waals surface area contributed by atoms with Crippen LogP contribution >= 0.6 is 22.9 Å². The molecule has 0 aliphatic heterocycles. The number of ether oxygens (including phenoxy) is 1. The highest BCUT2D eigenvalue weighted by atomic mass is 35.5. The number of hydrogen-bond acceptors (Lipinski definition) is 6. The molecule has 0 bridgehead atoms. The predicted molar refractivity (Wildman–Crippen MR) is 148 cm³/mol. The third kappa shape index (κ3) is 6.45. The molecule has 1 fully saturated rings. The van der Waals surface area contributed by atoms with Crippen molar-refractivity contribution in [3.8, 4) is 29.4 Å².